The highest BCUT2D eigenvalue weighted by atomic mass is 32.2. The monoisotopic (exact) mass is 396 g/mol. The number of anilines is 1. The average molecular weight is 396 g/mol. The summed E-state index contributed by atoms with van der Waals surface area (Å²) in [6.07, 6.45) is -0.111. The van der Waals surface area contributed by atoms with Gasteiger partial charge in [-0.25, -0.2) is 0 Å². The molecule has 10 nitrogen and oxygen atoms in total. The predicted octanol–water partition coefficient (Wildman–Crippen LogP) is 1.55. The average Bonchev–Trinajstić information content (AvgIpc) is 2.93. The van der Waals surface area contributed by atoms with Gasteiger partial charge < -0.3 is 20.1 Å². The number of nitro groups is 1. The minimum atomic E-state index is -0.636. The first-order valence-corrected chi connectivity index (χ1v) is 8.88. The van der Waals surface area contributed by atoms with Crippen molar-refractivity contribution in [2.45, 2.75) is 24.6 Å². The minimum Gasteiger partial charge on any atom is -0.495 e. The van der Waals surface area contributed by atoms with Crippen LogP contribution in [0.25, 0.3) is 0 Å². The van der Waals surface area contributed by atoms with Crippen molar-refractivity contribution in [2.75, 3.05) is 26.1 Å². The van der Waals surface area contributed by atoms with E-state index in [1.54, 1.807) is 7.11 Å². The van der Waals surface area contributed by atoms with Gasteiger partial charge in [0.25, 0.3) is 5.69 Å². The Bertz CT molecular complexity index is 769. The second kappa shape index (κ2) is 9.33. The molecule has 0 spiro atoms. The largest absolute Gasteiger partial charge is 0.495 e. The predicted molar refractivity (Wildman–Crippen MR) is 101 cm³/mol. The molecule has 0 unspecified atom stereocenters. The van der Waals surface area contributed by atoms with Crippen LogP contribution in [0.5, 0.6) is 5.75 Å². The lowest BCUT2D eigenvalue weighted by molar-refractivity contribution is -0.384. The maximum atomic E-state index is 12.3. The van der Waals surface area contributed by atoms with Crippen molar-refractivity contribution >= 4 is 40.1 Å². The molecule has 0 saturated carbocycles. The molecule has 1 heterocycles. The Morgan fingerprint density at radius 1 is 1.48 bits per heavy atom. The highest BCUT2D eigenvalue weighted by Gasteiger charge is 2.32. The van der Waals surface area contributed by atoms with E-state index in [0.717, 1.165) is 11.8 Å². The zero-order chi connectivity index (χ0) is 20.0. The molecule has 0 aromatic heterocycles. The van der Waals surface area contributed by atoms with Gasteiger partial charge in [-0.15, -0.1) is 0 Å². The molecule has 0 bridgehead atoms. The van der Waals surface area contributed by atoms with E-state index in [1.807, 2.05) is 6.92 Å². The molecule has 0 radical (unpaired) electrons. The summed E-state index contributed by atoms with van der Waals surface area (Å²) in [5.41, 5.74) is -0.0108. The van der Waals surface area contributed by atoms with Crippen molar-refractivity contribution in [3.05, 3.63) is 28.3 Å². The SMILES string of the molecule is COC[C@H](C)N=C1NC(=O)[C@@H](CC(=O)Nc2cc([N+](=O)[O-])ccc2OC)S1. The fourth-order valence-electron chi connectivity index (χ4n) is 2.36. The number of nitro benzene ring substituents is 1. The standard InChI is InChI=1S/C16H20N4O6S/c1-9(8-25-2)17-16-19-15(22)13(27-16)7-14(21)18-11-6-10(20(23)24)4-5-12(11)26-3/h4-6,9,13H,7-8H2,1-3H3,(H,18,21)(H,17,19,22)/t9-,13+/m0/s1. The summed E-state index contributed by atoms with van der Waals surface area (Å²) < 4.78 is 10.1. The molecule has 2 rings (SSSR count). The number of amidine groups is 1. The number of hydrogen-bond acceptors (Lipinski definition) is 8. The number of carbonyl (C=O) groups is 2. The molecule has 146 valence electrons. The van der Waals surface area contributed by atoms with Crippen LogP contribution in [0, 0.1) is 10.1 Å². The zero-order valence-electron chi connectivity index (χ0n) is 15.1. The Labute approximate surface area is 159 Å². The van der Waals surface area contributed by atoms with Crippen LogP contribution in [0.3, 0.4) is 0 Å². The van der Waals surface area contributed by atoms with Gasteiger partial charge in [0.2, 0.25) is 11.8 Å². The fraction of sp³-hybridized carbons (Fsp3) is 0.438. The first kappa shape index (κ1) is 20.6. The lowest BCUT2D eigenvalue weighted by Gasteiger charge is -2.11. The third-order valence-corrected chi connectivity index (χ3v) is 4.66. The van der Waals surface area contributed by atoms with Crippen molar-refractivity contribution in [2.24, 2.45) is 4.99 Å². The van der Waals surface area contributed by atoms with Gasteiger partial charge in [-0.05, 0) is 13.0 Å². The van der Waals surface area contributed by atoms with Crippen LogP contribution >= 0.6 is 11.8 Å². The normalized spacial score (nSPS) is 18.9. The highest BCUT2D eigenvalue weighted by Crippen LogP contribution is 2.30. The summed E-state index contributed by atoms with van der Waals surface area (Å²) in [5.74, 6) is -0.495. The molecule has 1 aliphatic heterocycles. The molecular formula is C16H20N4O6S. The summed E-state index contributed by atoms with van der Waals surface area (Å²) in [5, 5.41) is 15.9. The summed E-state index contributed by atoms with van der Waals surface area (Å²) in [6.45, 7) is 2.26. The number of hydrogen-bond donors (Lipinski definition) is 2. The van der Waals surface area contributed by atoms with Gasteiger partial charge in [-0.2, -0.15) is 0 Å². The number of non-ortho nitro benzene ring substituents is 1. The molecule has 27 heavy (non-hydrogen) atoms. The Morgan fingerprint density at radius 2 is 2.22 bits per heavy atom. The topological polar surface area (TPSA) is 132 Å². The Hall–Kier alpha value is -2.66. The smallest absolute Gasteiger partial charge is 0.271 e. The zero-order valence-corrected chi connectivity index (χ0v) is 15.9. The first-order chi connectivity index (χ1) is 12.8. The molecule has 0 aliphatic carbocycles. The van der Waals surface area contributed by atoms with Crippen LogP contribution in [-0.2, 0) is 14.3 Å². The molecule has 2 atom stereocenters. The van der Waals surface area contributed by atoms with Crippen LogP contribution in [0.2, 0.25) is 0 Å². The Balaban J connectivity index is 2.03. The fourth-order valence-corrected chi connectivity index (χ4v) is 3.43. The molecule has 1 fully saturated rings. The van der Waals surface area contributed by atoms with Gasteiger partial charge in [-0.1, -0.05) is 11.8 Å². The van der Waals surface area contributed by atoms with E-state index in [9.17, 15) is 19.7 Å². The van der Waals surface area contributed by atoms with Gasteiger partial charge in [-0.3, -0.25) is 24.7 Å². The maximum absolute atomic E-state index is 12.3. The number of nitrogens with zero attached hydrogens (tertiary/aromatic N) is 2. The van der Waals surface area contributed by atoms with Crippen LogP contribution in [0.1, 0.15) is 13.3 Å². The van der Waals surface area contributed by atoms with Crippen molar-refractivity contribution < 1.29 is 24.0 Å². The van der Waals surface area contributed by atoms with Crippen molar-refractivity contribution in [1.29, 1.82) is 0 Å². The first-order valence-electron chi connectivity index (χ1n) is 8.00. The Kier molecular flexibility index (Phi) is 7.13. The van der Waals surface area contributed by atoms with Gasteiger partial charge in [0.15, 0.2) is 5.17 Å². The summed E-state index contributed by atoms with van der Waals surface area (Å²) in [7, 11) is 2.95. The van der Waals surface area contributed by atoms with Crippen molar-refractivity contribution in [3.63, 3.8) is 0 Å². The molecule has 11 heteroatoms. The van der Waals surface area contributed by atoms with Gasteiger partial charge in [0.1, 0.15) is 11.0 Å². The van der Waals surface area contributed by atoms with E-state index in [4.69, 9.17) is 9.47 Å². The Morgan fingerprint density at radius 3 is 2.85 bits per heavy atom. The lowest BCUT2D eigenvalue weighted by Crippen LogP contribution is -2.28. The van der Waals surface area contributed by atoms with E-state index in [2.05, 4.69) is 15.6 Å². The van der Waals surface area contributed by atoms with E-state index >= 15 is 0 Å². The molecule has 1 aliphatic rings. The van der Waals surface area contributed by atoms with E-state index in [-0.39, 0.29) is 35.5 Å². The third kappa shape index (κ3) is 5.66. The second-order valence-electron chi connectivity index (χ2n) is 5.73. The van der Waals surface area contributed by atoms with E-state index in [0.29, 0.717) is 11.8 Å². The number of nitrogens with one attached hydrogen (secondary N) is 2. The maximum Gasteiger partial charge on any atom is 0.271 e. The van der Waals surface area contributed by atoms with E-state index < -0.39 is 16.1 Å². The molecular weight excluding hydrogens is 376 g/mol. The van der Waals surface area contributed by atoms with Crippen molar-refractivity contribution in [1.82, 2.24) is 5.32 Å². The number of methoxy groups -OCH3 is 2. The summed E-state index contributed by atoms with van der Waals surface area (Å²) >= 11 is 1.16. The van der Waals surface area contributed by atoms with Crippen LogP contribution in [0.15, 0.2) is 23.2 Å². The van der Waals surface area contributed by atoms with Crippen LogP contribution in [-0.4, -0.2) is 54.0 Å². The number of aliphatic imine (C=N–C) groups is 1. The molecule has 2 amide bonds. The van der Waals surface area contributed by atoms with Gasteiger partial charge >= 0.3 is 0 Å². The number of ether oxygens (including phenoxy) is 2. The number of thioether (sulfide) groups is 1. The highest BCUT2D eigenvalue weighted by molar-refractivity contribution is 8.15. The summed E-state index contributed by atoms with van der Waals surface area (Å²) in [4.78, 5) is 39.0. The van der Waals surface area contributed by atoms with Gasteiger partial charge in [0.05, 0.1) is 30.4 Å². The number of amides is 2. The second-order valence-corrected chi connectivity index (χ2v) is 6.92. The molecule has 1 saturated heterocycles. The molecule has 1 aromatic carbocycles. The molecule has 1 aromatic rings. The number of carbonyl (C=O) groups excluding carboxylic acids is 2. The lowest BCUT2D eigenvalue weighted by atomic mass is 10.2. The minimum absolute atomic E-state index is 0.111. The van der Waals surface area contributed by atoms with Crippen LogP contribution in [0.4, 0.5) is 11.4 Å². The van der Waals surface area contributed by atoms with Gasteiger partial charge in [0, 0.05) is 25.7 Å². The number of benzene rings is 1. The van der Waals surface area contributed by atoms with Crippen LogP contribution < -0.4 is 15.4 Å². The molecule has 2 N–H and O–H groups in total. The van der Waals surface area contributed by atoms with E-state index in [1.165, 1.54) is 25.3 Å². The summed E-state index contributed by atoms with van der Waals surface area (Å²) in [6, 6.07) is 3.75. The third-order valence-electron chi connectivity index (χ3n) is 3.56. The quantitative estimate of drug-likeness (QED) is 0.503. The number of rotatable bonds is 8. The van der Waals surface area contributed by atoms with Crippen molar-refractivity contribution in [3.8, 4) is 5.75 Å².